The highest BCUT2D eigenvalue weighted by Gasteiger charge is 2.13. The van der Waals surface area contributed by atoms with Crippen molar-refractivity contribution in [1.82, 2.24) is 5.32 Å². The maximum atomic E-state index is 11.9. The van der Waals surface area contributed by atoms with Crippen molar-refractivity contribution in [2.24, 2.45) is 0 Å². The van der Waals surface area contributed by atoms with Crippen LogP contribution >= 0.6 is 15.9 Å². The van der Waals surface area contributed by atoms with Gasteiger partial charge in [-0.25, -0.2) is 18.4 Å². The quantitative estimate of drug-likeness (QED) is 0.797. The number of nitrogens with one attached hydrogen (secondary N) is 2. The molecule has 0 heterocycles. The molecule has 3 N–H and O–H groups in total. The minimum absolute atomic E-state index is 0.0254. The summed E-state index contributed by atoms with van der Waals surface area (Å²) in [6, 6.07) is 3.29. The van der Waals surface area contributed by atoms with Gasteiger partial charge < -0.3 is 15.7 Å². The molecule has 0 aliphatic carbocycles. The van der Waals surface area contributed by atoms with Gasteiger partial charge >= 0.3 is 12.0 Å². The van der Waals surface area contributed by atoms with Crippen LogP contribution in [0.3, 0.4) is 0 Å². The predicted octanol–water partition coefficient (Wildman–Crippen LogP) is 2.53. The molecule has 1 aromatic rings. The first-order valence-electron chi connectivity index (χ1n) is 4.76. The van der Waals surface area contributed by atoms with Crippen LogP contribution in [0.2, 0.25) is 0 Å². The lowest BCUT2D eigenvalue weighted by Crippen LogP contribution is -2.33. The lowest BCUT2D eigenvalue weighted by atomic mass is 10.2. The molecule has 2 amide bonds. The number of carbonyl (C=O) groups is 2. The first-order valence-corrected chi connectivity index (χ1v) is 5.55. The van der Waals surface area contributed by atoms with E-state index in [4.69, 9.17) is 5.11 Å². The number of hydrogen-bond acceptors (Lipinski definition) is 2. The summed E-state index contributed by atoms with van der Waals surface area (Å²) < 4.78 is 24.2. The molecule has 0 unspecified atom stereocenters. The molecule has 98 valence electrons. The average Bonchev–Trinajstić information content (AvgIpc) is 2.28. The van der Waals surface area contributed by atoms with Gasteiger partial charge in [0.2, 0.25) is 0 Å². The number of hydrogen-bond donors (Lipinski definition) is 3. The Kier molecular flexibility index (Phi) is 5.02. The van der Waals surface area contributed by atoms with Crippen molar-refractivity contribution >= 4 is 33.6 Å². The molecular formula is C10H9BrF2N2O3. The lowest BCUT2D eigenvalue weighted by molar-refractivity contribution is 0.0698. The second-order valence-electron chi connectivity index (χ2n) is 3.22. The van der Waals surface area contributed by atoms with Gasteiger partial charge in [-0.3, -0.25) is 0 Å². The number of carbonyl (C=O) groups excluding carboxylic acids is 1. The first-order chi connectivity index (χ1) is 8.40. The zero-order chi connectivity index (χ0) is 13.7. The maximum absolute atomic E-state index is 11.9. The summed E-state index contributed by atoms with van der Waals surface area (Å²) in [5, 5.41) is 13.0. The Balaban J connectivity index is 2.78. The largest absolute Gasteiger partial charge is 0.478 e. The van der Waals surface area contributed by atoms with Crippen molar-refractivity contribution in [2.45, 2.75) is 6.43 Å². The van der Waals surface area contributed by atoms with Crippen molar-refractivity contribution in [2.75, 3.05) is 11.9 Å². The molecule has 8 heteroatoms. The van der Waals surface area contributed by atoms with E-state index >= 15 is 0 Å². The third-order valence-electron chi connectivity index (χ3n) is 1.88. The van der Waals surface area contributed by atoms with Crippen molar-refractivity contribution in [3.8, 4) is 0 Å². The van der Waals surface area contributed by atoms with Gasteiger partial charge in [0.25, 0.3) is 6.43 Å². The third kappa shape index (κ3) is 4.28. The van der Waals surface area contributed by atoms with Gasteiger partial charge in [0.1, 0.15) is 0 Å². The highest BCUT2D eigenvalue weighted by Crippen LogP contribution is 2.21. The van der Waals surface area contributed by atoms with Gasteiger partial charge in [-0.2, -0.15) is 0 Å². The Labute approximate surface area is 109 Å². The van der Waals surface area contributed by atoms with Gasteiger partial charge in [0.05, 0.1) is 17.8 Å². The van der Waals surface area contributed by atoms with Crippen LogP contribution in [0.15, 0.2) is 22.7 Å². The molecule has 0 saturated carbocycles. The number of anilines is 1. The molecule has 1 aromatic carbocycles. The van der Waals surface area contributed by atoms with E-state index in [1.165, 1.54) is 18.2 Å². The van der Waals surface area contributed by atoms with Crippen LogP contribution < -0.4 is 10.6 Å². The number of halogens is 3. The number of urea groups is 1. The number of alkyl halides is 2. The summed E-state index contributed by atoms with van der Waals surface area (Å²) in [6.45, 7) is -0.801. The Morgan fingerprint density at radius 2 is 2.06 bits per heavy atom. The minimum atomic E-state index is -2.67. The molecule has 0 fully saturated rings. The SMILES string of the molecule is O=C(NCC(F)F)Nc1ccc(Br)cc1C(=O)O. The zero-order valence-electron chi connectivity index (χ0n) is 8.91. The predicted molar refractivity (Wildman–Crippen MR) is 64.1 cm³/mol. The third-order valence-corrected chi connectivity index (χ3v) is 2.37. The van der Waals surface area contributed by atoms with E-state index < -0.39 is 25.0 Å². The molecular weight excluding hydrogens is 314 g/mol. The highest BCUT2D eigenvalue weighted by atomic mass is 79.9. The van der Waals surface area contributed by atoms with Crippen LogP contribution in [0.4, 0.5) is 19.3 Å². The van der Waals surface area contributed by atoms with E-state index in [-0.39, 0.29) is 11.3 Å². The molecule has 0 aromatic heterocycles. The Bertz CT molecular complexity index is 468. The second kappa shape index (κ2) is 6.29. The first kappa shape index (κ1) is 14.4. The fraction of sp³-hybridized carbons (Fsp3) is 0.200. The van der Waals surface area contributed by atoms with Crippen molar-refractivity contribution in [1.29, 1.82) is 0 Å². The molecule has 0 spiro atoms. The normalized spacial score (nSPS) is 10.2. The highest BCUT2D eigenvalue weighted by molar-refractivity contribution is 9.10. The molecule has 18 heavy (non-hydrogen) atoms. The fourth-order valence-electron chi connectivity index (χ4n) is 1.14. The topological polar surface area (TPSA) is 78.4 Å². The van der Waals surface area contributed by atoms with Gasteiger partial charge in [-0.15, -0.1) is 0 Å². The zero-order valence-corrected chi connectivity index (χ0v) is 10.5. The number of aromatic carboxylic acids is 1. The molecule has 0 aliphatic heterocycles. The smallest absolute Gasteiger partial charge is 0.337 e. The number of carboxylic acid groups (broad SMARTS) is 1. The number of carboxylic acids is 1. The molecule has 0 atom stereocenters. The van der Waals surface area contributed by atoms with E-state index in [1.807, 2.05) is 5.32 Å². The summed E-state index contributed by atoms with van der Waals surface area (Å²) in [6.07, 6.45) is -2.67. The van der Waals surface area contributed by atoms with Crippen LogP contribution in [-0.2, 0) is 0 Å². The van der Waals surface area contributed by atoms with E-state index in [0.717, 1.165) is 0 Å². The summed E-state index contributed by atoms with van der Waals surface area (Å²) in [5.41, 5.74) is -0.117. The van der Waals surface area contributed by atoms with Gasteiger partial charge in [0, 0.05) is 4.47 Å². The van der Waals surface area contributed by atoms with Gasteiger partial charge in [0.15, 0.2) is 0 Å². The number of amides is 2. The van der Waals surface area contributed by atoms with Crippen LogP contribution in [-0.4, -0.2) is 30.1 Å². The van der Waals surface area contributed by atoms with E-state index in [1.54, 1.807) is 0 Å². The van der Waals surface area contributed by atoms with E-state index in [2.05, 4.69) is 21.2 Å². The molecule has 0 aliphatic rings. The fourth-order valence-corrected chi connectivity index (χ4v) is 1.50. The summed E-state index contributed by atoms with van der Waals surface area (Å²) >= 11 is 3.09. The summed E-state index contributed by atoms with van der Waals surface area (Å²) in [5.74, 6) is -1.24. The van der Waals surface area contributed by atoms with Gasteiger partial charge in [-0.1, -0.05) is 15.9 Å². The lowest BCUT2D eigenvalue weighted by Gasteiger charge is -2.09. The number of benzene rings is 1. The maximum Gasteiger partial charge on any atom is 0.337 e. The summed E-state index contributed by atoms with van der Waals surface area (Å²) in [4.78, 5) is 22.1. The van der Waals surface area contributed by atoms with Crippen LogP contribution in [0.5, 0.6) is 0 Å². The Morgan fingerprint density at radius 3 is 2.61 bits per heavy atom. The molecule has 0 saturated heterocycles. The standard InChI is InChI=1S/C10H9BrF2N2O3/c11-5-1-2-7(6(3-5)9(16)17)15-10(18)14-4-8(12)13/h1-3,8H,4H2,(H,16,17)(H2,14,15,18). The molecule has 0 radical (unpaired) electrons. The average molecular weight is 323 g/mol. The van der Waals surface area contributed by atoms with Crippen molar-refractivity contribution in [3.63, 3.8) is 0 Å². The molecule has 0 bridgehead atoms. The monoisotopic (exact) mass is 322 g/mol. The molecule has 5 nitrogen and oxygen atoms in total. The van der Waals surface area contributed by atoms with E-state index in [0.29, 0.717) is 4.47 Å². The van der Waals surface area contributed by atoms with Crippen LogP contribution in [0.1, 0.15) is 10.4 Å². The second-order valence-corrected chi connectivity index (χ2v) is 4.14. The molecule has 1 rings (SSSR count). The Hall–Kier alpha value is -1.70. The Morgan fingerprint density at radius 1 is 1.39 bits per heavy atom. The van der Waals surface area contributed by atoms with Crippen molar-refractivity contribution in [3.05, 3.63) is 28.2 Å². The minimum Gasteiger partial charge on any atom is -0.478 e. The number of rotatable bonds is 4. The van der Waals surface area contributed by atoms with Crippen LogP contribution in [0, 0.1) is 0 Å². The summed E-state index contributed by atoms with van der Waals surface area (Å²) in [7, 11) is 0. The van der Waals surface area contributed by atoms with Crippen molar-refractivity contribution < 1.29 is 23.5 Å². The van der Waals surface area contributed by atoms with Gasteiger partial charge in [-0.05, 0) is 18.2 Å². The van der Waals surface area contributed by atoms with Crippen LogP contribution in [0.25, 0.3) is 0 Å². The van der Waals surface area contributed by atoms with E-state index in [9.17, 15) is 18.4 Å².